The van der Waals surface area contributed by atoms with E-state index in [2.05, 4.69) is 0 Å². The Morgan fingerprint density at radius 2 is 1.96 bits per heavy atom. The molecule has 0 fully saturated rings. The zero-order valence-electron chi connectivity index (χ0n) is 16.2. The normalized spacial score (nSPS) is 24.2. The number of allylic oxidation sites excluding steroid dienone is 2. The molecule has 0 bridgehead atoms. The van der Waals surface area contributed by atoms with Crippen LogP contribution in [-0.2, 0) is 23.9 Å². The van der Waals surface area contributed by atoms with Gasteiger partial charge in [0.2, 0.25) is 0 Å². The number of hydrogen-bond donors (Lipinski definition) is 0. The lowest BCUT2D eigenvalue weighted by Gasteiger charge is -2.38. The number of Topliss-reactive ketones (excluding diaryl/α,β-unsaturated/α-hetero) is 1. The lowest BCUT2D eigenvalue weighted by Crippen LogP contribution is -2.40. The average Bonchev–Trinajstić information content (AvgIpc) is 2.53. The second-order valence-corrected chi connectivity index (χ2v) is 7.05. The van der Waals surface area contributed by atoms with E-state index in [1.54, 1.807) is 14.0 Å². The summed E-state index contributed by atoms with van der Waals surface area (Å²) in [4.78, 5) is 35.2. The second-order valence-electron chi connectivity index (χ2n) is 7.05. The van der Waals surface area contributed by atoms with E-state index in [1.165, 1.54) is 6.92 Å². The highest BCUT2D eigenvalue weighted by atomic mass is 16.5. The third-order valence-electron chi connectivity index (χ3n) is 4.91. The zero-order valence-corrected chi connectivity index (χ0v) is 16.2. The number of hydrogen-bond acceptors (Lipinski definition) is 5. The van der Waals surface area contributed by atoms with Crippen molar-refractivity contribution >= 4 is 18.0 Å². The molecule has 140 valence electrons. The van der Waals surface area contributed by atoms with Crippen molar-refractivity contribution in [3.05, 3.63) is 22.3 Å². The topological polar surface area (TPSA) is 69.7 Å². The van der Waals surface area contributed by atoms with E-state index >= 15 is 0 Å². The fourth-order valence-electron chi connectivity index (χ4n) is 3.64. The van der Waals surface area contributed by atoms with E-state index in [9.17, 15) is 14.4 Å². The van der Waals surface area contributed by atoms with Crippen molar-refractivity contribution in [3.63, 3.8) is 0 Å². The van der Waals surface area contributed by atoms with Gasteiger partial charge in [-0.15, -0.1) is 0 Å². The molecule has 25 heavy (non-hydrogen) atoms. The molecule has 0 saturated carbocycles. The van der Waals surface area contributed by atoms with Crippen LogP contribution < -0.4 is 0 Å². The molecule has 0 amide bonds. The maximum absolute atomic E-state index is 13.1. The quantitative estimate of drug-likeness (QED) is 0.290. The first-order valence-electron chi connectivity index (χ1n) is 8.77. The van der Waals surface area contributed by atoms with Crippen molar-refractivity contribution < 1.29 is 23.9 Å². The Bertz CT molecular complexity index is 599. The molecule has 1 aliphatic carbocycles. The number of carbonyl (C=O) groups is 3. The Labute approximate surface area is 150 Å². The molecule has 0 aromatic rings. The van der Waals surface area contributed by atoms with Crippen LogP contribution in [0.2, 0.25) is 0 Å². The van der Waals surface area contributed by atoms with Gasteiger partial charge in [-0.2, -0.15) is 0 Å². The number of methoxy groups -OCH3 is 1. The largest absolute Gasteiger partial charge is 0.466 e. The minimum absolute atomic E-state index is 0.0785. The molecule has 1 rings (SSSR count). The fourth-order valence-corrected chi connectivity index (χ4v) is 3.64. The Morgan fingerprint density at radius 3 is 2.48 bits per heavy atom. The Balaban J connectivity index is 2.95. The van der Waals surface area contributed by atoms with Crippen LogP contribution in [0.5, 0.6) is 0 Å². The van der Waals surface area contributed by atoms with Gasteiger partial charge in [-0.25, -0.2) is 0 Å². The molecule has 0 N–H and O–H groups in total. The van der Waals surface area contributed by atoms with Crippen molar-refractivity contribution in [1.29, 1.82) is 0 Å². The molecule has 1 unspecified atom stereocenters. The number of rotatable bonds is 8. The van der Waals surface area contributed by atoms with Gasteiger partial charge in [0.1, 0.15) is 6.29 Å². The van der Waals surface area contributed by atoms with Gasteiger partial charge < -0.3 is 9.47 Å². The SMILES string of the molecule is COC1(C)CC(C)=C([C@@H](C)CCCCOC(C)=O)C(=O)/C1=C(\C)C=O. The molecule has 0 spiro atoms. The predicted octanol–water partition coefficient (Wildman–Crippen LogP) is 3.57. The van der Waals surface area contributed by atoms with Crippen LogP contribution >= 0.6 is 0 Å². The first kappa shape index (κ1) is 21.3. The van der Waals surface area contributed by atoms with Crippen molar-refractivity contribution in [2.24, 2.45) is 5.92 Å². The van der Waals surface area contributed by atoms with Crippen LogP contribution in [0.25, 0.3) is 0 Å². The predicted molar refractivity (Wildman–Crippen MR) is 96.2 cm³/mol. The molecule has 5 heteroatoms. The summed E-state index contributed by atoms with van der Waals surface area (Å²) in [7, 11) is 1.57. The number of ether oxygens (including phenoxy) is 2. The van der Waals surface area contributed by atoms with Crippen LogP contribution in [0.4, 0.5) is 0 Å². The molecule has 0 aliphatic heterocycles. The Hall–Kier alpha value is -1.75. The molecule has 1 aliphatic rings. The highest BCUT2D eigenvalue weighted by Crippen LogP contribution is 2.41. The number of aldehydes is 1. The van der Waals surface area contributed by atoms with Crippen LogP contribution in [0.3, 0.4) is 0 Å². The molecular weight excluding hydrogens is 320 g/mol. The summed E-state index contributed by atoms with van der Waals surface area (Å²) in [6.45, 7) is 9.33. The first-order valence-corrected chi connectivity index (χ1v) is 8.77. The standard InChI is InChI=1S/C20H30O5/c1-13(9-7-8-10-25-16(4)22)17-14(2)11-20(5,24-6)18(19(17)23)15(3)12-21/h12-13H,7-11H2,1-6H3/b18-15-/t13-,20?/m0/s1. The Kier molecular flexibility index (Phi) is 7.74. The average molecular weight is 350 g/mol. The van der Waals surface area contributed by atoms with E-state index in [0.717, 1.165) is 36.7 Å². The molecule has 5 nitrogen and oxygen atoms in total. The maximum Gasteiger partial charge on any atom is 0.302 e. The minimum Gasteiger partial charge on any atom is -0.466 e. The smallest absolute Gasteiger partial charge is 0.302 e. The molecule has 0 aromatic carbocycles. The van der Waals surface area contributed by atoms with E-state index in [-0.39, 0.29) is 17.7 Å². The number of ketones is 1. The lowest BCUT2D eigenvalue weighted by atomic mass is 9.71. The van der Waals surface area contributed by atoms with E-state index in [1.807, 2.05) is 20.8 Å². The van der Waals surface area contributed by atoms with Crippen LogP contribution in [-0.4, -0.2) is 37.4 Å². The van der Waals surface area contributed by atoms with Gasteiger partial charge in [0, 0.05) is 31.6 Å². The molecule has 0 saturated heterocycles. The minimum atomic E-state index is -0.759. The van der Waals surface area contributed by atoms with Gasteiger partial charge in [-0.3, -0.25) is 14.4 Å². The zero-order chi connectivity index (χ0) is 19.2. The van der Waals surface area contributed by atoms with E-state index in [0.29, 0.717) is 24.2 Å². The number of unbranched alkanes of at least 4 members (excludes halogenated alkanes) is 1. The highest BCUT2D eigenvalue weighted by molar-refractivity contribution is 6.13. The third kappa shape index (κ3) is 5.11. The summed E-state index contributed by atoms with van der Waals surface area (Å²) in [5.41, 5.74) is 1.95. The summed E-state index contributed by atoms with van der Waals surface area (Å²) in [6, 6.07) is 0. The summed E-state index contributed by atoms with van der Waals surface area (Å²) in [6.07, 6.45) is 3.80. The summed E-state index contributed by atoms with van der Waals surface area (Å²) < 4.78 is 10.5. The summed E-state index contributed by atoms with van der Waals surface area (Å²) in [5, 5.41) is 0. The van der Waals surface area contributed by atoms with E-state index in [4.69, 9.17) is 9.47 Å². The lowest BCUT2D eigenvalue weighted by molar-refractivity contribution is -0.141. The maximum atomic E-state index is 13.1. The van der Waals surface area contributed by atoms with Crippen LogP contribution in [0.15, 0.2) is 22.3 Å². The highest BCUT2D eigenvalue weighted by Gasteiger charge is 2.42. The number of esters is 1. The summed E-state index contributed by atoms with van der Waals surface area (Å²) >= 11 is 0. The first-order chi connectivity index (χ1) is 11.7. The Morgan fingerprint density at radius 1 is 1.32 bits per heavy atom. The van der Waals surface area contributed by atoms with Crippen molar-refractivity contribution in [3.8, 4) is 0 Å². The monoisotopic (exact) mass is 350 g/mol. The van der Waals surface area contributed by atoms with Crippen LogP contribution in [0, 0.1) is 5.92 Å². The molecule has 0 radical (unpaired) electrons. The van der Waals surface area contributed by atoms with E-state index < -0.39 is 5.60 Å². The van der Waals surface area contributed by atoms with Gasteiger partial charge in [0.25, 0.3) is 0 Å². The van der Waals surface area contributed by atoms with Crippen molar-refractivity contribution in [2.75, 3.05) is 13.7 Å². The van der Waals surface area contributed by atoms with Gasteiger partial charge in [0.15, 0.2) is 5.78 Å². The van der Waals surface area contributed by atoms with Gasteiger partial charge in [0.05, 0.1) is 12.2 Å². The molecule has 0 heterocycles. The van der Waals surface area contributed by atoms with Crippen molar-refractivity contribution in [1.82, 2.24) is 0 Å². The van der Waals surface area contributed by atoms with Crippen molar-refractivity contribution in [2.45, 2.75) is 65.9 Å². The third-order valence-corrected chi connectivity index (χ3v) is 4.91. The molecule has 0 aromatic heterocycles. The fraction of sp³-hybridized carbons (Fsp3) is 0.650. The summed E-state index contributed by atoms with van der Waals surface area (Å²) in [5.74, 6) is -0.266. The van der Waals surface area contributed by atoms with Gasteiger partial charge >= 0.3 is 5.97 Å². The van der Waals surface area contributed by atoms with Crippen LogP contribution in [0.1, 0.15) is 60.3 Å². The van der Waals surface area contributed by atoms with Gasteiger partial charge in [-0.05, 0) is 51.5 Å². The van der Waals surface area contributed by atoms with Gasteiger partial charge in [-0.1, -0.05) is 12.5 Å². The number of carbonyl (C=O) groups excluding carboxylic acids is 3. The molecule has 2 atom stereocenters. The second kappa shape index (κ2) is 9.09. The molecular formula is C20H30O5.